The molecule has 0 atom stereocenters. The van der Waals surface area contributed by atoms with Crippen molar-refractivity contribution in [1.29, 1.82) is 0 Å². The quantitative estimate of drug-likeness (QED) is 0.390. The van der Waals surface area contributed by atoms with Crippen molar-refractivity contribution in [2.75, 3.05) is 5.84 Å². The van der Waals surface area contributed by atoms with E-state index in [0.29, 0.717) is 0 Å². The number of nitrogens with two attached hydrogens (primary N) is 1. The van der Waals surface area contributed by atoms with Crippen LogP contribution in [0.5, 0.6) is 0 Å². The van der Waals surface area contributed by atoms with Gasteiger partial charge in [-0.05, 0) is 19.4 Å². The minimum atomic E-state index is 1.22. The van der Waals surface area contributed by atoms with E-state index < -0.39 is 0 Å². The number of hydrogen-bond acceptors (Lipinski definition) is 1. The minimum absolute atomic E-state index is 1.22. The van der Waals surface area contributed by atoms with Gasteiger partial charge in [0.1, 0.15) is 0 Å². The van der Waals surface area contributed by atoms with E-state index in [9.17, 15) is 0 Å². The van der Waals surface area contributed by atoms with Crippen LogP contribution in [0.15, 0.2) is 18.5 Å². The first kappa shape index (κ1) is 6.08. The van der Waals surface area contributed by atoms with Gasteiger partial charge in [0.25, 0.3) is 0 Å². The SMILES string of the molecule is Cc1cc[n+](N)cc1C. The van der Waals surface area contributed by atoms with E-state index in [1.807, 2.05) is 25.4 Å². The predicted octanol–water partition coefficient (Wildman–Crippen LogP) is 0.305. The third kappa shape index (κ3) is 1.19. The molecule has 9 heavy (non-hydrogen) atoms. The summed E-state index contributed by atoms with van der Waals surface area (Å²) in [7, 11) is 0. The summed E-state index contributed by atoms with van der Waals surface area (Å²) in [4.78, 5) is 0. The van der Waals surface area contributed by atoms with Crippen LogP contribution in [0.1, 0.15) is 11.1 Å². The molecule has 0 fully saturated rings. The molecule has 0 saturated carbocycles. The lowest BCUT2D eigenvalue weighted by molar-refractivity contribution is -0.639. The molecule has 0 aromatic carbocycles. The van der Waals surface area contributed by atoms with E-state index >= 15 is 0 Å². The maximum atomic E-state index is 5.44. The van der Waals surface area contributed by atoms with Gasteiger partial charge in [-0.1, -0.05) is 4.68 Å². The van der Waals surface area contributed by atoms with Crippen molar-refractivity contribution in [2.24, 2.45) is 0 Å². The summed E-state index contributed by atoms with van der Waals surface area (Å²) in [5.41, 5.74) is 2.50. The van der Waals surface area contributed by atoms with Crippen molar-refractivity contribution in [3.63, 3.8) is 0 Å². The average molecular weight is 123 g/mol. The van der Waals surface area contributed by atoms with E-state index in [2.05, 4.69) is 6.92 Å². The van der Waals surface area contributed by atoms with Crippen LogP contribution in [0, 0.1) is 13.8 Å². The van der Waals surface area contributed by atoms with E-state index in [1.54, 1.807) is 4.68 Å². The van der Waals surface area contributed by atoms with Crippen molar-refractivity contribution >= 4 is 0 Å². The van der Waals surface area contributed by atoms with Crippen molar-refractivity contribution in [3.05, 3.63) is 29.6 Å². The fourth-order valence-corrected chi connectivity index (χ4v) is 0.698. The highest BCUT2D eigenvalue weighted by Gasteiger charge is 1.96. The smallest absolute Gasteiger partial charge is 0.202 e. The van der Waals surface area contributed by atoms with E-state index in [-0.39, 0.29) is 0 Å². The normalized spacial score (nSPS) is 9.56. The van der Waals surface area contributed by atoms with Gasteiger partial charge in [0.15, 0.2) is 6.20 Å². The fraction of sp³-hybridized carbons (Fsp3) is 0.286. The Kier molecular flexibility index (Phi) is 1.39. The number of aromatic nitrogens is 1. The van der Waals surface area contributed by atoms with Gasteiger partial charge in [0, 0.05) is 11.6 Å². The van der Waals surface area contributed by atoms with Crippen LogP contribution in [0.25, 0.3) is 0 Å². The molecule has 0 spiro atoms. The lowest BCUT2D eigenvalue weighted by Crippen LogP contribution is -2.43. The Morgan fingerprint density at radius 2 is 2.00 bits per heavy atom. The molecule has 2 N–H and O–H groups in total. The monoisotopic (exact) mass is 123 g/mol. The second-order valence-electron chi connectivity index (χ2n) is 2.26. The molecular formula is C7H11N2+. The van der Waals surface area contributed by atoms with Crippen LogP contribution < -0.4 is 10.5 Å². The fourth-order valence-electron chi connectivity index (χ4n) is 0.698. The van der Waals surface area contributed by atoms with Crippen LogP contribution in [-0.4, -0.2) is 0 Å². The molecule has 0 aliphatic carbocycles. The van der Waals surface area contributed by atoms with Crippen molar-refractivity contribution in [2.45, 2.75) is 13.8 Å². The molecule has 0 aliphatic heterocycles. The lowest BCUT2D eigenvalue weighted by atomic mass is 10.2. The number of aryl methyl sites for hydroxylation is 2. The topological polar surface area (TPSA) is 29.9 Å². The first-order chi connectivity index (χ1) is 4.20. The highest BCUT2D eigenvalue weighted by molar-refractivity contribution is 5.16. The Bertz CT molecular complexity index is 218. The highest BCUT2D eigenvalue weighted by Crippen LogP contribution is 1.98. The van der Waals surface area contributed by atoms with Gasteiger partial charge in [-0.15, -0.1) is 0 Å². The zero-order valence-corrected chi connectivity index (χ0v) is 5.76. The molecule has 48 valence electrons. The minimum Gasteiger partial charge on any atom is -0.205 e. The molecule has 1 rings (SSSR count). The molecule has 0 saturated heterocycles. The van der Waals surface area contributed by atoms with E-state index in [0.717, 1.165) is 0 Å². The molecule has 0 aliphatic rings. The van der Waals surface area contributed by atoms with Gasteiger partial charge in [0.2, 0.25) is 6.20 Å². The van der Waals surface area contributed by atoms with Crippen LogP contribution in [0.2, 0.25) is 0 Å². The summed E-state index contributed by atoms with van der Waals surface area (Å²) in [6, 6.07) is 2.00. The molecule has 2 heteroatoms. The second-order valence-corrected chi connectivity index (χ2v) is 2.26. The Morgan fingerprint density at radius 3 is 2.44 bits per heavy atom. The lowest BCUT2D eigenvalue weighted by Gasteiger charge is -1.92. The Hall–Kier alpha value is -1.05. The Morgan fingerprint density at radius 1 is 1.33 bits per heavy atom. The van der Waals surface area contributed by atoms with Gasteiger partial charge in [-0.2, -0.15) is 0 Å². The van der Waals surface area contributed by atoms with Crippen LogP contribution >= 0.6 is 0 Å². The summed E-state index contributed by atoms with van der Waals surface area (Å²) in [5.74, 6) is 5.44. The van der Waals surface area contributed by atoms with Gasteiger partial charge < -0.3 is 0 Å². The van der Waals surface area contributed by atoms with Gasteiger partial charge in [-0.25, -0.2) is 5.84 Å². The molecule has 0 radical (unpaired) electrons. The number of rotatable bonds is 0. The van der Waals surface area contributed by atoms with Crippen LogP contribution in [-0.2, 0) is 0 Å². The molecule has 2 nitrogen and oxygen atoms in total. The van der Waals surface area contributed by atoms with Gasteiger partial charge in [-0.3, -0.25) is 0 Å². The first-order valence-electron chi connectivity index (χ1n) is 2.94. The summed E-state index contributed by atoms with van der Waals surface area (Å²) < 4.78 is 1.56. The van der Waals surface area contributed by atoms with E-state index in [1.165, 1.54) is 11.1 Å². The summed E-state index contributed by atoms with van der Waals surface area (Å²) >= 11 is 0. The number of hydrogen-bond donors (Lipinski definition) is 1. The van der Waals surface area contributed by atoms with Crippen LogP contribution in [0.3, 0.4) is 0 Å². The molecule has 1 aromatic heterocycles. The largest absolute Gasteiger partial charge is 0.205 e. The Balaban J connectivity index is 3.17. The molecule has 0 unspecified atom stereocenters. The maximum absolute atomic E-state index is 5.44. The first-order valence-corrected chi connectivity index (χ1v) is 2.94. The standard InChI is InChI=1S/C7H11N2/c1-6-3-4-9(8)5-7(6)2/h3-5H,8H2,1-2H3/q+1. The van der Waals surface area contributed by atoms with Crippen molar-refractivity contribution in [3.8, 4) is 0 Å². The number of pyridine rings is 1. The van der Waals surface area contributed by atoms with Crippen molar-refractivity contribution < 1.29 is 4.68 Å². The van der Waals surface area contributed by atoms with Crippen molar-refractivity contribution in [1.82, 2.24) is 0 Å². The maximum Gasteiger partial charge on any atom is 0.202 e. The zero-order chi connectivity index (χ0) is 6.85. The number of nitrogen functional groups attached to an aromatic ring is 1. The van der Waals surface area contributed by atoms with Gasteiger partial charge >= 0.3 is 0 Å². The third-order valence-electron chi connectivity index (χ3n) is 1.46. The third-order valence-corrected chi connectivity index (χ3v) is 1.46. The number of nitrogens with zero attached hydrogens (tertiary/aromatic N) is 1. The average Bonchev–Trinajstić information content (AvgIpc) is 1.80. The Labute approximate surface area is 54.9 Å². The van der Waals surface area contributed by atoms with Gasteiger partial charge in [0.05, 0.1) is 0 Å². The summed E-state index contributed by atoms with van der Waals surface area (Å²) in [6.07, 6.45) is 3.73. The van der Waals surface area contributed by atoms with Crippen LogP contribution in [0.4, 0.5) is 0 Å². The molecule has 0 amide bonds. The second kappa shape index (κ2) is 2.05. The summed E-state index contributed by atoms with van der Waals surface area (Å²) in [5, 5.41) is 0. The molecule has 1 heterocycles. The molecule has 1 aromatic rings. The zero-order valence-electron chi connectivity index (χ0n) is 5.76. The molecular weight excluding hydrogens is 112 g/mol. The molecule has 0 bridgehead atoms. The highest BCUT2D eigenvalue weighted by atomic mass is 15.3. The predicted molar refractivity (Wildman–Crippen MR) is 36.3 cm³/mol. The van der Waals surface area contributed by atoms with E-state index in [4.69, 9.17) is 5.84 Å². The summed E-state index contributed by atoms with van der Waals surface area (Å²) in [6.45, 7) is 4.11.